The van der Waals surface area contributed by atoms with Gasteiger partial charge in [0, 0.05) is 12.4 Å². The molecule has 0 unspecified atom stereocenters. The van der Waals surface area contributed by atoms with E-state index in [4.69, 9.17) is 11.6 Å². The maximum absolute atomic E-state index is 13.5. The molecule has 0 atom stereocenters. The lowest BCUT2D eigenvalue weighted by Crippen LogP contribution is -2.16. The van der Waals surface area contributed by atoms with Crippen LogP contribution in [-0.2, 0) is 11.2 Å². The third kappa shape index (κ3) is 2.92. The SMILES string of the molecule is O=C(Cc1cn2cc(Cl)ccc2n1)Nc1c(F)cccc1F. The van der Waals surface area contributed by atoms with Gasteiger partial charge in [-0.2, -0.15) is 0 Å². The van der Waals surface area contributed by atoms with Crippen molar-refractivity contribution in [2.75, 3.05) is 5.32 Å². The molecule has 1 aromatic carbocycles. The standard InChI is InChI=1S/C15H10ClF2N3O/c16-9-4-5-13-19-10(8-21(13)7-9)6-14(22)20-15-11(17)2-1-3-12(15)18/h1-5,7-8H,6H2,(H,20,22). The van der Waals surface area contributed by atoms with E-state index in [2.05, 4.69) is 10.3 Å². The number of benzene rings is 1. The van der Waals surface area contributed by atoms with E-state index in [0.29, 0.717) is 16.4 Å². The molecule has 7 heteroatoms. The number of imidazole rings is 1. The van der Waals surface area contributed by atoms with Crippen LogP contribution in [0.3, 0.4) is 0 Å². The van der Waals surface area contributed by atoms with Gasteiger partial charge in [0.1, 0.15) is 23.0 Å². The first kappa shape index (κ1) is 14.5. The molecule has 0 aliphatic carbocycles. The van der Waals surface area contributed by atoms with E-state index in [-0.39, 0.29) is 6.42 Å². The molecule has 0 fully saturated rings. The van der Waals surface area contributed by atoms with Crippen molar-refractivity contribution < 1.29 is 13.6 Å². The van der Waals surface area contributed by atoms with Gasteiger partial charge in [-0.15, -0.1) is 0 Å². The summed E-state index contributed by atoms with van der Waals surface area (Å²) in [4.78, 5) is 16.1. The molecule has 0 spiro atoms. The number of hydrogen-bond donors (Lipinski definition) is 1. The van der Waals surface area contributed by atoms with E-state index in [9.17, 15) is 13.6 Å². The first-order valence-corrected chi connectivity index (χ1v) is 6.78. The van der Waals surface area contributed by atoms with E-state index in [1.165, 1.54) is 6.07 Å². The molecule has 112 valence electrons. The monoisotopic (exact) mass is 321 g/mol. The van der Waals surface area contributed by atoms with Crippen molar-refractivity contribution in [1.29, 1.82) is 0 Å². The van der Waals surface area contributed by atoms with Crippen molar-refractivity contribution in [3.63, 3.8) is 0 Å². The minimum absolute atomic E-state index is 0.104. The van der Waals surface area contributed by atoms with Crippen molar-refractivity contribution in [3.8, 4) is 0 Å². The smallest absolute Gasteiger partial charge is 0.230 e. The highest BCUT2D eigenvalue weighted by molar-refractivity contribution is 6.30. The second kappa shape index (κ2) is 5.73. The van der Waals surface area contributed by atoms with E-state index in [1.807, 2.05) is 0 Å². The van der Waals surface area contributed by atoms with Crippen LogP contribution in [0.4, 0.5) is 14.5 Å². The molecule has 2 aromatic heterocycles. The summed E-state index contributed by atoms with van der Waals surface area (Å²) in [6.07, 6.45) is 3.19. The van der Waals surface area contributed by atoms with Gasteiger partial charge < -0.3 is 9.72 Å². The van der Waals surface area contributed by atoms with Gasteiger partial charge in [-0.25, -0.2) is 13.8 Å². The highest BCUT2D eigenvalue weighted by Crippen LogP contribution is 2.18. The van der Waals surface area contributed by atoms with Gasteiger partial charge >= 0.3 is 0 Å². The Morgan fingerprint density at radius 3 is 2.64 bits per heavy atom. The molecule has 3 aromatic rings. The molecular formula is C15H10ClF2N3O. The van der Waals surface area contributed by atoms with Crippen LogP contribution in [0, 0.1) is 11.6 Å². The Morgan fingerprint density at radius 1 is 1.18 bits per heavy atom. The molecule has 0 aliphatic heterocycles. The third-order valence-electron chi connectivity index (χ3n) is 3.03. The first-order chi connectivity index (χ1) is 10.5. The largest absolute Gasteiger partial charge is 0.321 e. The van der Waals surface area contributed by atoms with Gasteiger partial charge in [-0.05, 0) is 24.3 Å². The number of halogens is 3. The molecule has 0 aliphatic rings. The zero-order valence-electron chi connectivity index (χ0n) is 11.2. The predicted octanol–water partition coefficient (Wildman–Crippen LogP) is 3.45. The van der Waals surface area contributed by atoms with Crippen LogP contribution < -0.4 is 5.32 Å². The van der Waals surface area contributed by atoms with Gasteiger partial charge in [0.15, 0.2) is 0 Å². The third-order valence-corrected chi connectivity index (χ3v) is 3.26. The van der Waals surface area contributed by atoms with Crippen LogP contribution in [0.15, 0.2) is 42.7 Å². The fourth-order valence-corrected chi connectivity index (χ4v) is 2.24. The Hall–Kier alpha value is -2.47. The number of nitrogens with one attached hydrogen (secondary N) is 1. The number of hydrogen-bond acceptors (Lipinski definition) is 2. The average molecular weight is 322 g/mol. The minimum atomic E-state index is -0.824. The van der Waals surface area contributed by atoms with E-state index in [0.717, 1.165) is 12.1 Å². The van der Waals surface area contributed by atoms with E-state index < -0.39 is 23.2 Å². The minimum Gasteiger partial charge on any atom is -0.321 e. The van der Waals surface area contributed by atoms with Gasteiger partial charge in [-0.1, -0.05) is 17.7 Å². The topological polar surface area (TPSA) is 46.4 Å². The number of nitrogens with zero attached hydrogens (tertiary/aromatic N) is 2. The molecule has 1 N–H and O–H groups in total. The Labute approximate surface area is 129 Å². The maximum Gasteiger partial charge on any atom is 0.230 e. The Morgan fingerprint density at radius 2 is 1.91 bits per heavy atom. The van der Waals surface area contributed by atoms with Gasteiger partial charge in [0.2, 0.25) is 5.91 Å². The van der Waals surface area contributed by atoms with Crippen LogP contribution in [0.5, 0.6) is 0 Å². The Balaban J connectivity index is 1.78. The number of carbonyl (C=O) groups is 1. The van der Waals surface area contributed by atoms with E-state index >= 15 is 0 Å². The molecule has 22 heavy (non-hydrogen) atoms. The number of pyridine rings is 1. The summed E-state index contributed by atoms with van der Waals surface area (Å²) < 4.78 is 28.6. The zero-order chi connectivity index (χ0) is 15.7. The Kier molecular flexibility index (Phi) is 3.77. The van der Waals surface area contributed by atoms with Crippen LogP contribution in [0.2, 0.25) is 5.02 Å². The van der Waals surface area contributed by atoms with Crippen molar-refractivity contribution >= 4 is 28.8 Å². The second-order valence-corrected chi connectivity index (χ2v) is 5.10. The number of aromatic nitrogens is 2. The maximum atomic E-state index is 13.5. The predicted molar refractivity (Wildman–Crippen MR) is 78.9 cm³/mol. The fraction of sp³-hybridized carbons (Fsp3) is 0.0667. The van der Waals surface area contributed by atoms with Crippen molar-refractivity contribution in [3.05, 3.63) is 65.1 Å². The first-order valence-electron chi connectivity index (χ1n) is 6.40. The lowest BCUT2D eigenvalue weighted by Gasteiger charge is -2.06. The summed E-state index contributed by atoms with van der Waals surface area (Å²) in [6.45, 7) is 0. The molecule has 0 saturated carbocycles. The second-order valence-electron chi connectivity index (χ2n) is 4.67. The number of carbonyl (C=O) groups excluding carboxylic acids is 1. The Bertz CT molecular complexity index is 843. The molecule has 1 amide bonds. The van der Waals surface area contributed by atoms with E-state index in [1.54, 1.807) is 28.9 Å². The van der Waals surface area contributed by atoms with Crippen molar-refractivity contribution in [2.24, 2.45) is 0 Å². The summed E-state index contributed by atoms with van der Waals surface area (Å²) in [5.74, 6) is -2.20. The molecule has 0 radical (unpaired) electrons. The number of amides is 1. The van der Waals surface area contributed by atoms with Crippen molar-refractivity contribution in [2.45, 2.75) is 6.42 Å². The number of anilines is 1. The highest BCUT2D eigenvalue weighted by atomic mass is 35.5. The van der Waals surface area contributed by atoms with Crippen LogP contribution in [0.1, 0.15) is 5.69 Å². The number of para-hydroxylation sites is 1. The van der Waals surface area contributed by atoms with Gasteiger partial charge in [0.05, 0.1) is 17.1 Å². The normalized spacial score (nSPS) is 10.9. The quantitative estimate of drug-likeness (QED) is 0.803. The molecule has 4 nitrogen and oxygen atoms in total. The molecule has 2 heterocycles. The lowest BCUT2D eigenvalue weighted by atomic mass is 10.2. The fourth-order valence-electron chi connectivity index (χ4n) is 2.07. The molecule has 3 rings (SSSR count). The van der Waals surface area contributed by atoms with Gasteiger partial charge in [-0.3, -0.25) is 4.79 Å². The summed E-state index contributed by atoms with van der Waals surface area (Å²) in [5.41, 5.74) is 0.639. The number of rotatable bonds is 3. The molecule has 0 bridgehead atoms. The zero-order valence-corrected chi connectivity index (χ0v) is 11.9. The summed E-state index contributed by atoms with van der Waals surface area (Å²) in [7, 11) is 0. The number of fused-ring (bicyclic) bond motifs is 1. The van der Waals surface area contributed by atoms with Crippen LogP contribution >= 0.6 is 11.6 Å². The molecular weight excluding hydrogens is 312 g/mol. The van der Waals surface area contributed by atoms with Crippen molar-refractivity contribution in [1.82, 2.24) is 9.38 Å². The summed E-state index contributed by atoms with van der Waals surface area (Å²) in [5, 5.41) is 2.75. The van der Waals surface area contributed by atoms with Crippen LogP contribution in [0.25, 0.3) is 5.65 Å². The summed E-state index contributed by atoms with van der Waals surface area (Å²) in [6, 6.07) is 6.77. The summed E-state index contributed by atoms with van der Waals surface area (Å²) >= 11 is 5.86. The highest BCUT2D eigenvalue weighted by Gasteiger charge is 2.13. The van der Waals surface area contributed by atoms with Crippen LogP contribution in [-0.4, -0.2) is 15.3 Å². The average Bonchev–Trinajstić information content (AvgIpc) is 2.84. The lowest BCUT2D eigenvalue weighted by molar-refractivity contribution is -0.115. The molecule has 0 saturated heterocycles. The van der Waals surface area contributed by atoms with Gasteiger partial charge in [0.25, 0.3) is 0 Å².